The molecule has 1 aromatic rings. The maximum absolute atomic E-state index is 8.82. The van der Waals surface area contributed by atoms with Crippen molar-refractivity contribution in [1.82, 2.24) is 5.01 Å². The molecule has 1 saturated heterocycles. The lowest BCUT2D eigenvalue weighted by Crippen LogP contribution is -2.34. The van der Waals surface area contributed by atoms with Crippen molar-refractivity contribution >= 4 is 21.6 Å². The monoisotopic (exact) mass is 279 g/mol. The van der Waals surface area contributed by atoms with Crippen molar-refractivity contribution in [3.8, 4) is 6.07 Å². The summed E-state index contributed by atoms with van der Waals surface area (Å²) in [6.07, 6.45) is 3.84. The van der Waals surface area contributed by atoms with Crippen molar-refractivity contribution in [2.24, 2.45) is 0 Å². The zero-order valence-electron chi connectivity index (χ0n) is 9.04. The Hall–Kier alpha value is -1.05. The topological polar surface area (TPSA) is 39.1 Å². The van der Waals surface area contributed by atoms with E-state index >= 15 is 0 Å². The van der Waals surface area contributed by atoms with E-state index in [1.54, 1.807) is 0 Å². The standard InChI is InChI=1S/C12H14BrN3/c13-12-8-11(5-4-10(12)9-14)15-16-6-2-1-3-7-16/h4-5,8,15H,1-3,6-7H2. The van der Waals surface area contributed by atoms with E-state index < -0.39 is 0 Å². The molecule has 0 bridgehead atoms. The maximum atomic E-state index is 8.82. The van der Waals surface area contributed by atoms with Crippen LogP contribution in [0.25, 0.3) is 0 Å². The van der Waals surface area contributed by atoms with Gasteiger partial charge in [-0.3, -0.25) is 0 Å². The molecule has 1 aromatic carbocycles. The van der Waals surface area contributed by atoms with Gasteiger partial charge in [-0.25, -0.2) is 5.01 Å². The zero-order chi connectivity index (χ0) is 11.4. The molecule has 0 aliphatic carbocycles. The lowest BCUT2D eigenvalue weighted by Gasteiger charge is -2.27. The van der Waals surface area contributed by atoms with Gasteiger partial charge in [0.1, 0.15) is 6.07 Å². The van der Waals surface area contributed by atoms with E-state index in [0.717, 1.165) is 23.2 Å². The first-order chi connectivity index (χ1) is 7.79. The number of nitriles is 1. The van der Waals surface area contributed by atoms with E-state index in [1.165, 1.54) is 19.3 Å². The van der Waals surface area contributed by atoms with Gasteiger partial charge < -0.3 is 5.43 Å². The summed E-state index contributed by atoms with van der Waals surface area (Å²) in [5.74, 6) is 0. The number of hydrazine groups is 1. The van der Waals surface area contributed by atoms with Gasteiger partial charge in [0.2, 0.25) is 0 Å². The maximum Gasteiger partial charge on any atom is 0.100 e. The lowest BCUT2D eigenvalue weighted by molar-refractivity contribution is 0.273. The Balaban J connectivity index is 2.04. The fourth-order valence-corrected chi connectivity index (χ4v) is 2.33. The molecular weight excluding hydrogens is 266 g/mol. The summed E-state index contributed by atoms with van der Waals surface area (Å²) in [6, 6.07) is 7.86. The second-order valence-corrected chi connectivity index (χ2v) is 4.82. The minimum atomic E-state index is 0.671. The molecule has 2 rings (SSSR count). The number of hydrogen-bond donors (Lipinski definition) is 1. The van der Waals surface area contributed by atoms with Gasteiger partial charge in [0.15, 0.2) is 0 Å². The van der Waals surface area contributed by atoms with Crippen LogP contribution >= 0.6 is 15.9 Å². The van der Waals surface area contributed by atoms with Gasteiger partial charge in [-0.2, -0.15) is 5.26 Å². The molecule has 84 valence electrons. The van der Waals surface area contributed by atoms with E-state index in [-0.39, 0.29) is 0 Å². The third-order valence-electron chi connectivity index (χ3n) is 2.73. The number of nitrogens with zero attached hydrogens (tertiary/aromatic N) is 2. The number of rotatable bonds is 2. The Bertz CT molecular complexity index is 405. The largest absolute Gasteiger partial charge is 0.319 e. The van der Waals surface area contributed by atoms with Crippen molar-refractivity contribution in [3.05, 3.63) is 28.2 Å². The van der Waals surface area contributed by atoms with Crippen LogP contribution in [-0.2, 0) is 0 Å². The highest BCUT2D eigenvalue weighted by Crippen LogP contribution is 2.21. The van der Waals surface area contributed by atoms with Crippen molar-refractivity contribution in [2.45, 2.75) is 19.3 Å². The molecule has 0 atom stereocenters. The molecule has 1 fully saturated rings. The van der Waals surface area contributed by atoms with Crippen LogP contribution < -0.4 is 5.43 Å². The van der Waals surface area contributed by atoms with Crippen LogP contribution in [0.4, 0.5) is 5.69 Å². The van der Waals surface area contributed by atoms with Crippen LogP contribution in [0.3, 0.4) is 0 Å². The number of nitrogens with one attached hydrogen (secondary N) is 1. The Morgan fingerprint density at radius 3 is 2.62 bits per heavy atom. The summed E-state index contributed by atoms with van der Waals surface area (Å²) in [5.41, 5.74) is 5.07. The second kappa shape index (κ2) is 5.33. The summed E-state index contributed by atoms with van der Waals surface area (Å²) >= 11 is 3.39. The van der Waals surface area contributed by atoms with Crippen molar-refractivity contribution in [1.29, 1.82) is 5.26 Å². The summed E-state index contributed by atoms with van der Waals surface area (Å²) in [4.78, 5) is 0. The summed E-state index contributed by atoms with van der Waals surface area (Å²) in [7, 11) is 0. The van der Waals surface area contributed by atoms with Gasteiger partial charge in [-0.05, 0) is 47.0 Å². The van der Waals surface area contributed by atoms with Crippen LogP contribution in [0.1, 0.15) is 24.8 Å². The van der Waals surface area contributed by atoms with E-state index in [2.05, 4.69) is 32.4 Å². The Morgan fingerprint density at radius 2 is 2.00 bits per heavy atom. The Morgan fingerprint density at radius 1 is 1.25 bits per heavy atom. The molecule has 1 heterocycles. The van der Waals surface area contributed by atoms with E-state index in [0.29, 0.717) is 5.56 Å². The minimum absolute atomic E-state index is 0.671. The third-order valence-corrected chi connectivity index (χ3v) is 3.39. The zero-order valence-corrected chi connectivity index (χ0v) is 10.6. The van der Waals surface area contributed by atoms with Gasteiger partial charge in [0, 0.05) is 17.6 Å². The summed E-state index contributed by atoms with van der Waals surface area (Å²) < 4.78 is 0.844. The molecule has 0 saturated carbocycles. The predicted octanol–water partition coefficient (Wildman–Crippen LogP) is 3.13. The minimum Gasteiger partial charge on any atom is -0.319 e. The first kappa shape index (κ1) is 11.4. The van der Waals surface area contributed by atoms with E-state index in [9.17, 15) is 0 Å². The van der Waals surface area contributed by atoms with Crippen molar-refractivity contribution in [3.63, 3.8) is 0 Å². The molecule has 1 aliphatic rings. The molecular formula is C12H14BrN3. The molecule has 3 nitrogen and oxygen atoms in total. The van der Waals surface area contributed by atoms with Crippen LogP contribution in [0.2, 0.25) is 0 Å². The highest BCUT2D eigenvalue weighted by Gasteiger charge is 2.10. The quantitative estimate of drug-likeness (QED) is 0.904. The number of anilines is 1. The number of hydrogen-bond acceptors (Lipinski definition) is 3. The smallest absolute Gasteiger partial charge is 0.100 e. The highest BCUT2D eigenvalue weighted by atomic mass is 79.9. The van der Waals surface area contributed by atoms with Gasteiger partial charge in [0.25, 0.3) is 0 Å². The molecule has 1 N–H and O–H groups in total. The van der Waals surface area contributed by atoms with Crippen LogP contribution in [0.5, 0.6) is 0 Å². The molecule has 0 radical (unpaired) electrons. The van der Waals surface area contributed by atoms with Crippen molar-refractivity contribution < 1.29 is 0 Å². The van der Waals surface area contributed by atoms with E-state index in [4.69, 9.17) is 5.26 Å². The lowest BCUT2D eigenvalue weighted by atomic mass is 10.2. The molecule has 0 spiro atoms. The van der Waals surface area contributed by atoms with Crippen LogP contribution in [-0.4, -0.2) is 18.1 Å². The first-order valence-electron chi connectivity index (χ1n) is 5.51. The van der Waals surface area contributed by atoms with Crippen LogP contribution in [0, 0.1) is 11.3 Å². The van der Waals surface area contributed by atoms with Gasteiger partial charge in [0.05, 0.1) is 11.3 Å². The fraction of sp³-hybridized carbons (Fsp3) is 0.417. The molecule has 0 unspecified atom stereocenters. The van der Waals surface area contributed by atoms with Gasteiger partial charge >= 0.3 is 0 Å². The third kappa shape index (κ3) is 2.75. The SMILES string of the molecule is N#Cc1ccc(NN2CCCCC2)cc1Br. The normalized spacial score (nSPS) is 16.8. The molecule has 0 amide bonds. The average molecular weight is 280 g/mol. The number of halogens is 1. The number of piperidine rings is 1. The van der Waals surface area contributed by atoms with Gasteiger partial charge in [-0.15, -0.1) is 0 Å². The molecule has 4 heteroatoms. The molecule has 1 aliphatic heterocycles. The first-order valence-corrected chi connectivity index (χ1v) is 6.30. The van der Waals surface area contributed by atoms with Gasteiger partial charge in [-0.1, -0.05) is 6.42 Å². The van der Waals surface area contributed by atoms with E-state index in [1.807, 2.05) is 18.2 Å². The average Bonchev–Trinajstić information content (AvgIpc) is 2.31. The Kier molecular flexibility index (Phi) is 3.81. The molecule has 0 aromatic heterocycles. The molecule has 16 heavy (non-hydrogen) atoms. The van der Waals surface area contributed by atoms with Crippen LogP contribution in [0.15, 0.2) is 22.7 Å². The highest BCUT2D eigenvalue weighted by molar-refractivity contribution is 9.10. The predicted molar refractivity (Wildman–Crippen MR) is 67.9 cm³/mol. The number of benzene rings is 1. The summed E-state index contributed by atoms with van der Waals surface area (Å²) in [5, 5.41) is 11.1. The second-order valence-electron chi connectivity index (χ2n) is 3.97. The fourth-order valence-electron chi connectivity index (χ4n) is 1.86. The Labute approximate surface area is 104 Å². The van der Waals surface area contributed by atoms with Crippen molar-refractivity contribution in [2.75, 3.05) is 18.5 Å². The summed E-state index contributed by atoms with van der Waals surface area (Å²) in [6.45, 7) is 2.19.